The normalized spacial score (nSPS) is 21.1. The first-order valence-electron chi connectivity index (χ1n) is 5.79. The zero-order chi connectivity index (χ0) is 12.0. The van der Waals surface area contributed by atoms with Crippen molar-refractivity contribution in [2.24, 2.45) is 5.41 Å². The largest absolute Gasteiger partial charge is 0.454 e. The van der Waals surface area contributed by atoms with Crippen molar-refractivity contribution in [2.75, 3.05) is 18.2 Å². The average Bonchev–Trinajstić information content (AvgIpc) is 2.84. The van der Waals surface area contributed by atoms with Crippen LogP contribution in [0.2, 0.25) is 0 Å². The van der Waals surface area contributed by atoms with E-state index < -0.39 is 0 Å². The van der Waals surface area contributed by atoms with Crippen molar-refractivity contribution in [3.63, 3.8) is 0 Å². The van der Waals surface area contributed by atoms with Crippen molar-refractivity contribution in [3.05, 3.63) is 18.2 Å². The third-order valence-electron chi connectivity index (χ3n) is 3.45. The van der Waals surface area contributed by atoms with Gasteiger partial charge in [-0.25, -0.2) is 0 Å². The summed E-state index contributed by atoms with van der Waals surface area (Å²) >= 11 is 0. The second-order valence-electron chi connectivity index (χ2n) is 5.13. The molecule has 1 amide bonds. The second-order valence-corrected chi connectivity index (χ2v) is 5.13. The van der Waals surface area contributed by atoms with Gasteiger partial charge in [0.25, 0.3) is 0 Å². The lowest BCUT2D eigenvalue weighted by Gasteiger charge is -2.19. The lowest BCUT2D eigenvalue weighted by molar-refractivity contribution is -0.123. The van der Waals surface area contributed by atoms with E-state index in [4.69, 9.17) is 9.47 Å². The molecule has 90 valence electrons. The maximum atomic E-state index is 12.2. The molecule has 0 spiro atoms. The first-order valence-corrected chi connectivity index (χ1v) is 5.79. The van der Waals surface area contributed by atoms with E-state index in [-0.39, 0.29) is 18.1 Å². The summed E-state index contributed by atoms with van der Waals surface area (Å²) in [6.45, 7) is 5.01. The molecule has 4 nitrogen and oxygen atoms in total. The molecule has 0 saturated carbocycles. The van der Waals surface area contributed by atoms with Crippen LogP contribution < -0.4 is 14.4 Å². The number of carbonyl (C=O) groups is 1. The highest BCUT2D eigenvalue weighted by Crippen LogP contribution is 2.39. The molecule has 2 heterocycles. The van der Waals surface area contributed by atoms with Crippen LogP contribution in [0.5, 0.6) is 11.5 Å². The van der Waals surface area contributed by atoms with Gasteiger partial charge in [-0.15, -0.1) is 0 Å². The monoisotopic (exact) mass is 233 g/mol. The molecule has 2 aliphatic heterocycles. The van der Waals surface area contributed by atoms with Crippen LogP contribution in [0, 0.1) is 5.41 Å². The van der Waals surface area contributed by atoms with Crippen LogP contribution in [0.1, 0.15) is 20.3 Å². The van der Waals surface area contributed by atoms with E-state index in [0.717, 1.165) is 30.2 Å². The van der Waals surface area contributed by atoms with E-state index in [1.54, 1.807) is 0 Å². The molecule has 3 rings (SSSR count). The Morgan fingerprint density at radius 2 is 2.00 bits per heavy atom. The van der Waals surface area contributed by atoms with Crippen molar-refractivity contribution < 1.29 is 14.3 Å². The number of anilines is 1. The van der Waals surface area contributed by atoms with Crippen molar-refractivity contribution in [2.45, 2.75) is 20.3 Å². The Morgan fingerprint density at radius 1 is 1.24 bits per heavy atom. The van der Waals surface area contributed by atoms with Gasteiger partial charge in [-0.2, -0.15) is 0 Å². The Kier molecular flexibility index (Phi) is 2.08. The van der Waals surface area contributed by atoms with Gasteiger partial charge >= 0.3 is 0 Å². The molecule has 1 aromatic carbocycles. The van der Waals surface area contributed by atoms with Crippen LogP contribution >= 0.6 is 0 Å². The Hall–Kier alpha value is -1.71. The summed E-state index contributed by atoms with van der Waals surface area (Å²) < 4.78 is 10.6. The predicted molar refractivity (Wildman–Crippen MR) is 63.3 cm³/mol. The van der Waals surface area contributed by atoms with E-state index in [1.165, 1.54) is 0 Å². The van der Waals surface area contributed by atoms with Gasteiger partial charge in [-0.3, -0.25) is 4.79 Å². The van der Waals surface area contributed by atoms with E-state index in [1.807, 2.05) is 36.9 Å². The molecule has 0 aromatic heterocycles. The SMILES string of the molecule is CC1(C)CCN(c2ccc3c(c2)OCO3)C1=O. The van der Waals surface area contributed by atoms with Gasteiger partial charge in [0.05, 0.1) is 0 Å². The highest BCUT2D eigenvalue weighted by Gasteiger charge is 2.39. The van der Waals surface area contributed by atoms with Crippen LogP contribution in [-0.2, 0) is 4.79 Å². The van der Waals surface area contributed by atoms with Gasteiger partial charge in [-0.05, 0) is 18.6 Å². The van der Waals surface area contributed by atoms with E-state index in [0.29, 0.717) is 0 Å². The van der Waals surface area contributed by atoms with Crippen LogP contribution in [0.15, 0.2) is 18.2 Å². The number of fused-ring (bicyclic) bond motifs is 1. The highest BCUT2D eigenvalue weighted by molar-refractivity contribution is 5.99. The number of nitrogens with zero attached hydrogens (tertiary/aromatic N) is 1. The van der Waals surface area contributed by atoms with Crippen molar-refractivity contribution in [1.82, 2.24) is 0 Å². The van der Waals surface area contributed by atoms with Gasteiger partial charge in [-0.1, -0.05) is 13.8 Å². The van der Waals surface area contributed by atoms with Gasteiger partial charge in [0.2, 0.25) is 12.7 Å². The molecule has 0 aliphatic carbocycles. The first-order chi connectivity index (χ1) is 8.08. The van der Waals surface area contributed by atoms with Gasteiger partial charge in [0.15, 0.2) is 11.5 Å². The van der Waals surface area contributed by atoms with E-state index >= 15 is 0 Å². The van der Waals surface area contributed by atoms with Crippen molar-refractivity contribution >= 4 is 11.6 Å². The minimum absolute atomic E-state index is 0.177. The summed E-state index contributed by atoms with van der Waals surface area (Å²) in [5.41, 5.74) is 0.640. The molecule has 1 saturated heterocycles. The van der Waals surface area contributed by atoms with Crippen LogP contribution in [0.4, 0.5) is 5.69 Å². The zero-order valence-electron chi connectivity index (χ0n) is 10.0. The van der Waals surface area contributed by atoms with Crippen molar-refractivity contribution in [3.8, 4) is 11.5 Å². The van der Waals surface area contributed by atoms with Gasteiger partial charge in [0.1, 0.15) is 0 Å². The molecule has 0 N–H and O–H groups in total. The molecule has 0 bridgehead atoms. The number of rotatable bonds is 1. The lowest BCUT2D eigenvalue weighted by atomic mass is 9.92. The van der Waals surface area contributed by atoms with Crippen LogP contribution in [0.3, 0.4) is 0 Å². The minimum Gasteiger partial charge on any atom is -0.454 e. The third-order valence-corrected chi connectivity index (χ3v) is 3.45. The standard InChI is InChI=1S/C13H15NO3/c1-13(2)5-6-14(12(13)15)9-3-4-10-11(7-9)17-8-16-10/h3-4,7H,5-6,8H2,1-2H3. The maximum Gasteiger partial charge on any atom is 0.232 e. The second kappa shape index (κ2) is 3.39. The smallest absolute Gasteiger partial charge is 0.232 e. The number of hydrogen-bond donors (Lipinski definition) is 0. The molecule has 0 unspecified atom stereocenters. The highest BCUT2D eigenvalue weighted by atomic mass is 16.7. The topological polar surface area (TPSA) is 38.8 Å². The maximum absolute atomic E-state index is 12.2. The molecular weight excluding hydrogens is 218 g/mol. The predicted octanol–water partition coefficient (Wildman–Crippen LogP) is 2.18. The van der Waals surface area contributed by atoms with E-state index in [9.17, 15) is 4.79 Å². The number of amides is 1. The third kappa shape index (κ3) is 1.55. The fraction of sp³-hybridized carbons (Fsp3) is 0.462. The van der Waals surface area contributed by atoms with Crippen LogP contribution in [-0.4, -0.2) is 19.2 Å². The first kappa shape index (κ1) is 10.4. The molecular formula is C13H15NO3. The molecule has 1 fully saturated rings. The van der Waals surface area contributed by atoms with Gasteiger partial charge < -0.3 is 14.4 Å². The molecule has 1 aromatic rings. The number of carbonyl (C=O) groups excluding carboxylic acids is 1. The molecule has 0 radical (unpaired) electrons. The molecule has 2 aliphatic rings. The Bertz CT molecular complexity index is 482. The quantitative estimate of drug-likeness (QED) is 0.746. The average molecular weight is 233 g/mol. The fourth-order valence-electron chi connectivity index (χ4n) is 2.26. The molecule has 4 heteroatoms. The van der Waals surface area contributed by atoms with E-state index in [2.05, 4.69) is 0 Å². The Morgan fingerprint density at radius 3 is 2.71 bits per heavy atom. The summed E-state index contributed by atoms with van der Waals surface area (Å²) in [4.78, 5) is 14.0. The van der Waals surface area contributed by atoms with Crippen molar-refractivity contribution in [1.29, 1.82) is 0 Å². The number of ether oxygens (including phenoxy) is 2. The summed E-state index contributed by atoms with van der Waals surface area (Å²) in [5, 5.41) is 0. The molecule has 0 atom stereocenters. The summed E-state index contributed by atoms with van der Waals surface area (Å²) in [7, 11) is 0. The summed E-state index contributed by atoms with van der Waals surface area (Å²) in [6.07, 6.45) is 0.889. The summed E-state index contributed by atoms with van der Waals surface area (Å²) in [5.74, 6) is 1.65. The number of hydrogen-bond acceptors (Lipinski definition) is 3. The van der Waals surface area contributed by atoms with Gasteiger partial charge in [0, 0.05) is 23.7 Å². The Labute approximate surface area is 100 Å². The minimum atomic E-state index is -0.254. The number of benzene rings is 1. The Balaban J connectivity index is 1.93. The molecule has 17 heavy (non-hydrogen) atoms. The zero-order valence-corrected chi connectivity index (χ0v) is 10.0. The fourth-order valence-corrected chi connectivity index (χ4v) is 2.26. The summed E-state index contributed by atoms with van der Waals surface area (Å²) in [6, 6.07) is 5.64. The van der Waals surface area contributed by atoms with Crippen LogP contribution in [0.25, 0.3) is 0 Å². The lowest BCUT2D eigenvalue weighted by Crippen LogP contribution is -2.30.